The molecule has 1 aromatic heterocycles. The van der Waals surface area contributed by atoms with Gasteiger partial charge in [0.25, 0.3) is 0 Å². The number of aromatic nitrogens is 1. The maximum absolute atomic E-state index is 12.4. The highest BCUT2D eigenvalue weighted by atomic mass is 16.2. The third-order valence-electron chi connectivity index (χ3n) is 4.97. The number of rotatable bonds is 1. The number of aromatic amines is 1. The molecule has 1 aliphatic carbocycles. The van der Waals surface area contributed by atoms with E-state index in [9.17, 15) is 4.79 Å². The molecule has 0 radical (unpaired) electrons. The van der Waals surface area contributed by atoms with Crippen molar-refractivity contribution < 1.29 is 4.79 Å². The van der Waals surface area contributed by atoms with Crippen LogP contribution >= 0.6 is 0 Å². The lowest BCUT2D eigenvalue weighted by atomic mass is 10.0. The Labute approximate surface area is 128 Å². The first-order valence-electron chi connectivity index (χ1n) is 7.84. The summed E-state index contributed by atoms with van der Waals surface area (Å²) in [6.07, 6.45) is 1.64. The molecule has 1 amide bonds. The van der Waals surface area contributed by atoms with Gasteiger partial charge >= 0.3 is 0 Å². The van der Waals surface area contributed by atoms with Crippen molar-refractivity contribution >= 4 is 16.8 Å². The summed E-state index contributed by atoms with van der Waals surface area (Å²) in [6, 6.07) is 16.9. The molecule has 2 aliphatic rings. The Morgan fingerprint density at radius 3 is 2.73 bits per heavy atom. The van der Waals surface area contributed by atoms with Crippen LogP contribution in [0.15, 0.2) is 48.5 Å². The molecule has 1 saturated heterocycles. The number of nitrogens with one attached hydrogen (secondary N) is 1. The Morgan fingerprint density at radius 1 is 1.05 bits per heavy atom. The van der Waals surface area contributed by atoms with Gasteiger partial charge in [-0.1, -0.05) is 42.5 Å². The van der Waals surface area contributed by atoms with Gasteiger partial charge in [-0.2, -0.15) is 0 Å². The molecule has 5 rings (SSSR count). The second kappa shape index (κ2) is 4.23. The first-order chi connectivity index (χ1) is 10.8. The molecule has 0 spiro atoms. The van der Waals surface area contributed by atoms with Gasteiger partial charge in [0.2, 0.25) is 5.91 Å². The molecule has 3 heteroatoms. The molecular formula is C19H16N2O. The minimum absolute atomic E-state index is 0.0670. The second-order valence-electron chi connectivity index (χ2n) is 6.14. The minimum atomic E-state index is 0.0670. The number of fused-ring (bicyclic) bond motifs is 5. The number of hydrogen-bond donors (Lipinski definition) is 1. The van der Waals surface area contributed by atoms with Gasteiger partial charge in [0.05, 0.1) is 11.7 Å². The third-order valence-corrected chi connectivity index (χ3v) is 4.97. The van der Waals surface area contributed by atoms with Crippen LogP contribution in [0, 0.1) is 0 Å². The fourth-order valence-electron chi connectivity index (χ4n) is 4.04. The Balaban J connectivity index is 1.83. The summed E-state index contributed by atoms with van der Waals surface area (Å²) < 4.78 is 0. The molecule has 1 N–H and O–H groups in total. The number of carbonyl (C=O) groups is 1. The molecule has 2 aromatic carbocycles. The Hall–Kier alpha value is -2.55. The average molecular weight is 288 g/mol. The number of benzene rings is 2. The summed E-state index contributed by atoms with van der Waals surface area (Å²) >= 11 is 0. The fraction of sp³-hybridized carbons (Fsp3) is 0.211. The van der Waals surface area contributed by atoms with Crippen LogP contribution in [0.25, 0.3) is 22.2 Å². The maximum atomic E-state index is 12.4. The monoisotopic (exact) mass is 288 g/mol. The van der Waals surface area contributed by atoms with Crippen molar-refractivity contribution in [1.29, 1.82) is 0 Å². The molecule has 1 aliphatic heterocycles. The SMILES string of the molecule is O=C1CCCN1C1c2ccccc2-c2[nH]c3ccccc3c21. The quantitative estimate of drug-likeness (QED) is 0.725. The predicted molar refractivity (Wildman–Crippen MR) is 86.5 cm³/mol. The van der Waals surface area contributed by atoms with Crippen LogP contribution in [-0.4, -0.2) is 22.3 Å². The van der Waals surface area contributed by atoms with Gasteiger partial charge in [0.15, 0.2) is 0 Å². The molecule has 0 saturated carbocycles. The summed E-state index contributed by atoms with van der Waals surface area (Å²) in [7, 11) is 0. The van der Waals surface area contributed by atoms with Gasteiger partial charge in [-0.05, 0) is 18.1 Å². The Bertz CT molecular complexity index is 909. The van der Waals surface area contributed by atoms with Crippen molar-refractivity contribution in [2.45, 2.75) is 18.9 Å². The number of nitrogens with zero attached hydrogens (tertiary/aromatic N) is 1. The first kappa shape index (κ1) is 12.0. The van der Waals surface area contributed by atoms with E-state index in [1.165, 1.54) is 27.8 Å². The average Bonchev–Trinajstić information content (AvgIpc) is 3.20. The number of para-hydroxylation sites is 1. The van der Waals surface area contributed by atoms with Crippen LogP contribution in [0.4, 0.5) is 0 Å². The molecule has 0 bridgehead atoms. The zero-order valence-corrected chi connectivity index (χ0v) is 12.2. The number of likely N-dealkylation sites (tertiary alicyclic amines) is 1. The fourth-order valence-corrected chi connectivity index (χ4v) is 4.04. The van der Waals surface area contributed by atoms with E-state index < -0.39 is 0 Å². The Kier molecular flexibility index (Phi) is 2.31. The van der Waals surface area contributed by atoms with Crippen molar-refractivity contribution in [1.82, 2.24) is 9.88 Å². The number of hydrogen-bond acceptors (Lipinski definition) is 1. The Morgan fingerprint density at radius 2 is 1.86 bits per heavy atom. The maximum Gasteiger partial charge on any atom is 0.223 e. The number of carbonyl (C=O) groups excluding carboxylic acids is 1. The lowest BCUT2D eigenvalue weighted by molar-refractivity contribution is -0.129. The van der Waals surface area contributed by atoms with Crippen LogP contribution < -0.4 is 0 Å². The zero-order valence-electron chi connectivity index (χ0n) is 12.2. The smallest absolute Gasteiger partial charge is 0.223 e. The first-order valence-corrected chi connectivity index (χ1v) is 7.84. The molecule has 3 aromatic rings. The molecule has 1 fully saturated rings. The minimum Gasteiger partial charge on any atom is -0.354 e. The van der Waals surface area contributed by atoms with Crippen molar-refractivity contribution in [3.05, 3.63) is 59.7 Å². The third kappa shape index (κ3) is 1.43. The van der Waals surface area contributed by atoms with E-state index in [0.29, 0.717) is 6.42 Å². The molecule has 108 valence electrons. The predicted octanol–water partition coefficient (Wildman–Crippen LogP) is 3.86. The van der Waals surface area contributed by atoms with Crippen LogP contribution in [-0.2, 0) is 4.79 Å². The van der Waals surface area contributed by atoms with E-state index in [-0.39, 0.29) is 11.9 Å². The number of H-pyrrole nitrogens is 1. The summed E-state index contributed by atoms with van der Waals surface area (Å²) in [5.74, 6) is 0.276. The van der Waals surface area contributed by atoms with Crippen LogP contribution in [0.3, 0.4) is 0 Å². The van der Waals surface area contributed by atoms with Gasteiger partial charge in [-0.15, -0.1) is 0 Å². The van der Waals surface area contributed by atoms with Gasteiger partial charge in [-0.25, -0.2) is 0 Å². The highest BCUT2D eigenvalue weighted by Gasteiger charge is 2.39. The van der Waals surface area contributed by atoms with E-state index in [4.69, 9.17) is 0 Å². The zero-order chi connectivity index (χ0) is 14.7. The normalized spacial score (nSPS) is 19.7. The van der Waals surface area contributed by atoms with E-state index in [1.807, 2.05) is 0 Å². The summed E-state index contributed by atoms with van der Waals surface area (Å²) in [4.78, 5) is 18.0. The van der Waals surface area contributed by atoms with E-state index >= 15 is 0 Å². The molecule has 22 heavy (non-hydrogen) atoms. The van der Waals surface area contributed by atoms with E-state index in [2.05, 4.69) is 58.4 Å². The standard InChI is InChI=1S/C19H16N2O/c22-16-10-5-11-21(16)19-13-7-2-1-6-12(13)18-17(19)14-8-3-4-9-15(14)20-18/h1-4,6-9,19-20H,5,10-11H2. The van der Waals surface area contributed by atoms with Gasteiger partial charge < -0.3 is 9.88 Å². The molecule has 1 unspecified atom stereocenters. The summed E-state index contributed by atoms with van der Waals surface area (Å²) in [6.45, 7) is 0.858. The van der Waals surface area contributed by atoms with Crippen molar-refractivity contribution in [2.75, 3.05) is 6.54 Å². The molecule has 1 atom stereocenters. The highest BCUT2D eigenvalue weighted by Crippen LogP contribution is 2.49. The largest absolute Gasteiger partial charge is 0.354 e. The highest BCUT2D eigenvalue weighted by molar-refractivity contribution is 5.96. The van der Waals surface area contributed by atoms with Crippen molar-refractivity contribution in [2.24, 2.45) is 0 Å². The van der Waals surface area contributed by atoms with Gasteiger partial charge in [0, 0.05) is 35.0 Å². The van der Waals surface area contributed by atoms with Crippen LogP contribution in [0.5, 0.6) is 0 Å². The van der Waals surface area contributed by atoms with Gasteiger partial charge in [0.1, 0.15) is 0 Å². The van der Waals surface area contributed by atoms with Crippen LogP contribution in [0.2, 0.25) is 0 Å². The summed E-state index contributed by atoms with van der Waals surface area (Å²) in [5.41, 5.74) is 6.09. The van der Waals surface area contributed by atoms with Crippen molar-refractivity contribution in [3.8, 4) is 11.3 Å². The van der Waals surface area contributed by atoms with Crippen LogP contribution in [0.1, 0.15) is 30.0 Å². The van der Waals surface area contributed by atoms with E-state index in [1.54, 1.807) is 0 Å². The topological polar surface area (TPSA) is 36.1 Å². The van der Waals surface area contributed by atoms with E-state index in [0.717, 1.165) is 18.5 Å². The molecule has 2 heterocycles. The van der Waals surface area contributed by atoms with Gasteiger partial charge in [-0.3, -0.25) is 4.79 Å². The lowest BCUT2D eigenvalue weighted by Gasteiger charge is -2.25. The molecule has 3 nitrogen and oxygen atoms in total. The summed E-state index contributed by atoms with van der Waals surface area (Å²) in [5, 5.41) is 1.23. The second-order valence-corrected chi connectivity index (χ2v) is 6.14. The number of amides is 1. The molecular weight excluding hydrogens is 272 g/mol. The van der Waals surface area contributed by atoms with Crippen molar-refractivity contribution in [3.63, 3.8) is 0 Å². The lowest BCUT2D eigenvalue weighted by Crippen LogP contribution is -2.29.